The van der Waals surface area contributed by atoms with Crippen LogP contribution in [0.3, 0.4) is 0 Å². The molecule has 3 heterocycles. The Morgan fingerprint density at radius 3 is 2.34 bits per heavy atom. The summed E-state index contributed by atoms with van der Waals surface area (Å²) in [6.07, 6.45) is 5.00. The van der Waals surface area contributed by atoms with Gasteiger partial charge in [0.15, 0.2) is 0 Å². The monoisotopic (exact) mass is 563 g/mol. The van der Waals surface area contributed by atoms with Crippen LogP contribution in [0.2, 0.25) is 15.1 Å². The van der Waals surface area contributed by atoms with Crippen molar-refractivity contribution in [2.45, 2.75) is 25.8 Å². The highest BCUT2D eigenvalue weighted by Gasteiger charge is 2.29. The van der Waals surface area contributed by atoms with Crippen molar-refractivity contribution >= 4 is 52.0 Å². The van der Waals surface area contributed by atoms with Gasteiger partial charge in [-0.2, -0.15) is 0 Å². The Bertz CT molecular complexity index is 1670. The second-order valence-electron chi connectivity index (χ2n) is 9.34. The standard InChI is InChI=1S/C30H24Cl3N3O2/c1-38-22-12-7-19(8-13-22)27-23-4-2-3-15-35-26(18-5-9-20(31)10-6-18)17-36(30(23)35)28(27)29(37)34-21-11-14-24(32)25(33)16-21/h5-14,16-17H,2-4,15H2,1H3,(H,34,37). The van der Waals surface area contributed by atoms with Crippen molar-refractivity contribution in [1.82, 2.24) is 8.97 Å². The molecule has 1 aliphatic rings. The van der Waals surface area contributed by atoms with Crippen LogP contribution in [0.25, 0.3) is 28.0 Å². The first-order valence-electron chi connectivity index (χ1n) is 12.4. The number of carbonyl (C=O) groups is 1. The Morgan fingerprint density at radius 2 is 1.63 bits per heavy atom. The summed E-state index contributed by atoms with van der Waals surface area (Å²) in [5.74, 6) is 0.538. The number of ether oxygens (including phenoxy) is 1. The number of methoxy groups -OCH3 is 1. The first-order chi connectivity index (χ1) is 18.4. The van der Waals surface area contributed by atoms with Crippen molar-refractivity contribution in [2.24, 2.45) is 0 Å². The highest BCUT2D eigenvalue weighted by Crippen LogP contribution is 2.40. The fourth-order valence-electron chi connectivity index (χ4n) is 5.29. The van der Waals surface area contributed by atoms with Gasteiger partial charge in [0.2, 0.25) is 0 Å². The molecular formula is C30H24Cl3N3O2. The van der Waals surface area contributed by atoms with Gasteiger partial charge in [-0.05, 0) is 72.9 Å². The van der Waals surface area contributed by atoms with E-state index in [4.69, 9.17) is 39.5 Å². The zero-order valence-electron chi connectivity index (χ0n) is 20.6. The lowest BCUT2D eigenvalue weighted by atomic mass is 9.97. The molecule has 2 aromatic heterocycles. The molecule has 38 heavy (non-hydrogen) atoms. The molecule has 0 atom stereocenters. The number of hydrogen-bond donors (Lipinski definition) is 1. The van der Waals surface area contributed by atoms with Gasteiger partial charge >= 0.3 is 0 Å². The summed E-state index contributed by atoms with van der Waals surface area (Å²) in [5.41, 5.74) is 7.33. The van der Waals surface area contributed by atoms with Gasteiger partial charge in [-0.15, -0.1) is 0 Å². The molecule has 0 unspecified atom stereocenters. The minimum Gasteiger partial charge on any atom is -0.497 e. The summed E-state index contributed by atoms with van der Waals surface area (Å²) in [7, 11) is 1.65. The first kappa shape index (κ1) is 24.9. The lowest BCUT2D eigenvalue weighted by molar-refractivity contribution is 0.102. The third kappa shape index (κ3) is 4.35. The van der Waals surface area contributed by atoms with Crippen LogP contribution in [0.4, 0.5) is 5.69 Å². The number of anilines is 1. The van der Waals surface area contributed by atoms with Crippen LogP contribution in [0.5, 0.6) is 5.75 Å². The molecular weight excluding hydrogens is 541 g/mol. The number of aryl methyl sites for hydroxylation is 2. The summed E-state index contributed by atoms with van der Waals surface area (Å²) in [4.78, 5) is 14.0. The lowest BCUT2D eigenvalue weighted by Gasteiger charge is -2.11. The van der Waals surface area contributed by atoms with E-state index < -0.39 is 0 Å². The molecule has 0 fully saturated rings. The molecule has 0 spiro atoms. The number of amides is 1. The molecule has 1 aliphatic heterocycles. The number of imidazole rings is 1. The van der Waals surface area contributed by atoms with Crippen molar-refractivity contribution in [3.05, 3.63) is 99.3 Å². The molecule has 0 saturated heterocycles. The fourth-order valence-corrected chi connectivity index (χ4v) is 5.72. The van der Waals surface area contributed by atoms with Gasteiger partial charge in [0, 0.05) is 34.6 Å². The summed E-state index contributed by atoms with van der Waals surface area (Å²) < 4.78 is 9.75. The molecule has 6 rings (SSSR count). The number of nitrogens with zero attached hydrogens (tertiary/aromatic N) is 2. The molecule has 5 nitrogen and oxygen atoms in total. The molecule has 0 aliphatic carbocycles. The third-order valence-corrected chi connectivity index (χ3v) is 8.04. The largest absolute Gasteiger partial charge is 0.497 e. The molecule has 1 amide bonds. The Hall–Kier alpha value is -3.38. The second kappa shape index (κ2) is 10.1. The number of benzene rings is 3. The summed E-state index contributed by atoms with van der Waals surface area (Å²) >= 11 is 18.5. The van der Waals surface area contributed by atoms with Gasteiger partial charge in [0.1, 0.15) is 17.1 Å². The maximum atomic E-state index is 14.0. The summed E-state index contributed by atoms with van der Waals surface area (Å²) in [6, 6.07) is 20.8. The molecule has 0 saturated carbocycles. The number of hydrogen-bond acceptors (Lipinski definition) is 2. The average molecular weight is 565 g/mol. The van der Waals surface area contributed by atoms with Gasteiger partial charge in [0.25, 0.3) is 5.91 Å². The summed E-state index contributed by atoms with van der Waals surface area (Å²) in [6.45, 7) is 0.862. The quantitative estimate of drug-likeness (QED) is 0.232. The molecule has 3 aromatic carbocycles. The van der Waals surface area contributed by atoms with E-state index >= 15 is 0 Å². The Morgan fingerprint density at radius 1 is 0.895 bits per heavy atom. The zero-order valence-corrected chi connectivity index (χ0v) is 22.9. The molecule has 0 radical (unpaired) electrons. The van der Waals surface area contributed by atoms with Crippen molar-refractivity contribution in [2.75, 3.05) is 12.4 Å². The number of halogens is 3. The number of aromatic nitrogens is 2. The van der Waals surface area contributed by atoms with Crippen molar-refractivity contribution in [1.29, 1.82) is 0 Å². The number of nitrogens with one attached hydrogen (secondary N) is 1. The Kier molecular flexibility index (Phi) is 6.60. The van der Waals surface area contributed by atoms with Gasteiger partial charge in [-0.1, -0.05) is 59.1 Å². The van der Waals surface area contributed by atoms with Gasteiger partial charge < -0.3 is 14.6 Å². The van der Waals surface area contributed by atoms with E-state index in [2.05, 4.69) is 16.1 Å². The number of rotatable bonds is 5. The lowest BCUT2D eigenvalue weighted by Crippen LogP contribution is -2.15. The van der Waals surface area contributed by atoms with E-state index in [0.717, 1.165) is 65.2 Å². The SMILES string of the molecule is COc1ccc(-c2c3c4n(c(-c5ccc(Cl)cc5)cn4c2C(=O)Nc2ccc(Cl)c(Cl)c2)CCCC3)cc1. The highest BCUT2D eigenvalue weighted by atomic mass is 35.5. The smallest absolute Gasteiger partial charge is 0.273 e. The normalized spacial score (nSPS) is 12.9. The van der Waals surface area contributed by atoms with E-state index in [1.165, 1.54) is 0 Å². The van der Waals surface area contributed by atoms with Crippen LogP contribution in [-0.4, -0.2) is 22.0 Å². The molecule has 5 aromatic rings. The predicted molar refractivity (Wildman–Crippen MR) is 155 cm³/mol. The second-order valence-corrected chi connectivity index (χ2v) is 10.6. The Labute approximate surface area is 235 Å². The van der Waals surface area contributed by atoms with E-state index in [1.807, 2.05) is 52.9 Å². The topological polar surface area (TPSA) is 47.7 Å². The molecule has 1 N–H and O–H groups in total. The zero-order chi connectivity index (χ0) is 26.4. The maximum absolute atomic E-state index is 14.0. The molecule has 192 valence electrons. The molecule has 8 heteroatoms. The van der Waals surface area contributed by atoms with E-state index in [1.54, 1.807) is 25.3 Å². The predicted octanol–water partition coefficient (Wildman–Crippen LogP) is 8.63. The van der Waals surface area contributed by atoms with E-state index in [-0.39, 0.29) is 5.91 Å². The fraction of sp³-hybridized carbons (Fsp3) is 0.167. The minimum absolute atomic E-state index is 0.226. The van der Waals surface area contributed by atoms with Gasteiger partial charge in [-0.25, -0.2) is 0 Å². The van der Waals surface area contributed by atoms with Crippen LogP contribution in [0, 0.1) is 0 Å². The van der Waals surface area contributed by atoms with E-state index in [9.17, 15) is 4.79 Å². The number of carbonyl (C=O) groups excluding carboxylic acids is 1. The van der Waals surface area contributed by atoms with Crippen molar-refractivity contribution in [3.63, 3.8) is 0 Å². The van der Waals surface area contributed by atoms with Gasteiger partial charge in [-0.3, -0.25) is 9.20 Å². The van der Waals surface area contributed by atoms with Crippen LogP contribution in [-0.2, 0) is 13.0 Å². The highest BCUT2D eigenvalue weighted by molar-refractivity contribution is 6.42. The molecule has 0 bridgehead atoms. The average Bonchev–Trinajstić information content (AvgIpc) is 3.34. The first-order valence-corrected chi connectivity index (χ1v) is 13.5. The van der Waals surface area contributed by atoms with Crippen LogP contribution >= 0.6 is 34.8 Å². The van der Waals surface area contributed by atoms with E-state index in [0.29, 0.717) is 26.4 Å². The third-order valence-electron chi connectivity index (χ3n) is 7.05. The summed E-state index contributed by atoms with van der Waals surface area (Å²) in [5, 5.41) is 4.55. The van der Waals surface area contributed by atoms with Gasteiger partial charge in [0.05, 0.1) is 22.8 Å². The van der Waals surface area contributed by atoms with Crippen molar-refractivity contribution < 1.29 is 9.53 Å². The van der Waals surface area contributed by atoms with Crippen LogP contribution in [0.15, 0.2) is 72.9 Å². The van der Waals surface area contributed by atoms with Crippen LogP contribution < -0.4 is 10.1 Å². The van der Waals surface area contributed by atoms with Crippen LogP contribution in [0.1, 0.15) is 28.9 Å². The van der Waals surface area contributed by atoms with Crippen molar-refractivity contribution in [3.8, 4) is 28.1 Å². The maximum Gasteiger partial charge on any atom is 0.273 e. The Balaban J connectivity index is 1.58. The minimum atomic E-state index is -0.226.